The highest BCUT2D eigenvalue weighted by molar-refractivity contribution is 5.66. The van der Waals surface area contributed by atoms with Crippen molar-refractivity contribution in [2.45, 2.75) is 31.8 Å². The Morgan fingerprint density at radius 1 is 1.33 bits per heavy atom. The van der Waals surface area contributed by atoms with Crippen molar-refractivity contribution in [3.8, 4) is 5.69 Å². The summed E-state index contributed by atoms with van der Waals surface area (Å²) < 4.78 is 1.97. The van der Waals surface area contributed by atoms with Crippen LogP contribution in [0.25, 0.3) is 5.69 Å². The molecule has 2 aromatic rings. The lowest BCUT2D eigenvalue weighted by Crippen LogP contribution is -2.28. The molecule has 0 spiro atoms. The SMILES string of the molecule is O=C(O)CCN(Cc1ccc(-n2ccnc2)cc1)C1CC1. The second-order valence-corrected chi connectivity index (χ2v) is 5.48. The minimum Gasteiger partial charge on any atom is -0.481 e. The van der Waals surface area contributed by atoms with Crippen molar-refractivity contribution >= 4 is 5.97 Å². The Hall–Kier alpha value is -2.14. The molecule has 0 amide bonds. The van der Waals surface area contributed by atoms with Crippen molar-refractivity contribution in [3.63, 3.8) is 0 Å². The van der Waals surface area contributed by atoms with Gasteiger partial charge in [-0.3, -0.25) is 9.69 Å². The number of rotatable bonds is 7. The normalized spacial score (nSPS) is 14.5. The number of nitrogens with zero attached hydrogens (tertiary/aromatic N) is 3. The summed E-state index contributed by atoms with van der Waals surface area (Å²) in [5, 5.41) is 8.84. The van der Waals surface area contributed by atoms with Crippen molar-refractivity contribution < 1.29 is 9.90 Å². The zero-order chi connectivity index (χ0) is 14.7. The van der Waals surface area contributed by atoms with Crippen molar-refractivity contribution in [2.75, 3.05) is 6.54 Å². The molecular formula is C16H19N3O2. The molecule has 1 fully saturated rings. The average molecular weight is 285 g/mol. The van der Waals surface area contributed by atoms with Gasteiger partial charge in [-0.2, -0.15) is 0 Å². The van der Waals surface area contributed by atoms with Gasteiger partial charge in [-0.1, -0.05) is 12.1 Å². The highest BCUT2D eigenvalue weighted by atomic mass is 16.4. The van der Waals surface area contributed by atoms with E-state index >= 15 is 0 Å². The molecule has 1 aliphatic carbocycles. The van der Waals surface area contributed by atoms with Crippen molar-refractivity contribution in [3.05, 3.63) is 48.5 Å². The van der Waals surface area contributed by atoms with Crippen LogP contribution in [0.15, 0.2) is 43.0 Å². The molecule has 1 N–H and O–H groups in total. The van der Waals surface area contributed by atoms with Gasteiger partial charge >= 0.3 is 5.97 Å². The maximum absolute atomic E-state index is 10.7. The van der Waals surface area contributed by atoms with Crippen LogP contribution in [0.5, 0.6) is 0 Å². The van der Waals surface area contributed by atoms with Gasteiger partial charge in [-0.05, 0) is 30.5 Å². The second-order valence-electron chi connectivity index (χ2n) is 5.48. The molecule has 0 radical (unpaired) electrons. The van der Waals surface area contributed by atoms with E-state index in [1.807, 2.05) is 10.8 Å². The van der Waals surface area contributed by atoms with E-state index in [0.717, 1.165) is 12.2 Å². The summed E-state index contributed by atoms with van der Waals surface area (Å²) in [6, 6.07) is 8.91. The first-order valence-electron chi connectivity index (χ1n) is 7.25. The summed E-state index contributed by atoms with van der Waals surface area (Å²) in [4.78, 5) is 17.1. The predicted octanol–water partition coefficient (Wildman–Crippen LogP) is 2.31. The molecule has 1 aromatic carbocycles. The Labute approximate surface area is 123 Å². The quantitative estimate of drug-likeness (QED) is 0.848. The molecule has 1 aliphatic rings. The number of aromatic nitrogens is 2. The molecule has 1 saturated carbocycles. The fraction of sp³-hybridized carbons (Fsp3) is 0.375. The maximum Gasteiger partial charge on any atom is 0.304 e. The van der Waals surface area contributed by atoms with Crippen molar-refractivity contribution in [1.29, 1.82) is 0 Å². The Kier molecular flexibility index (Phi) is 4.01. The molecule has 1 aromatic heterocycles. The Morgan fingerprint density at radius 3 is 2.67 bits per heavy atom. The minimum absolute atomic E-state index is 0.212. The van der Waals surface area contributed by atoms with Crippen LogP contribution in [0, 0.1) is 0 Å². The number of benzene rings is 1. The average Bonchev–Trinajstić information content (AvgIpc) is 3.18. The van der Waals surface area contributed by atoms with Gasteiger partial charge < -0.3 is 9.67 Å². The Morgan fingerprint density at radius 2 is 2.10 bits per heavy atom. The van der Waals surface area contributed by atoms with Crippen LogP contribution in [0.3, 0.4) is 0 Å². The lowest BCUT2D eigenvalue weighted by molar-refractivity contribution is -0.137. The first kappa shape index (κ1) is 13.8. The Balaban J connectivity index is 1.64. The highest BCUT2D eigenvalue weighted by Gasteiger charge is 2.28. The third-order valence-corrected chi connectivity index (χ3v) is 3.80. The van der Waals surface area contributed by atoms with Gasteiger partial charge in [0, 0.05) is 37.2 Å². The summed E-state index contributed by atoms with van der Waals surface area (Å²) in [6.45, 7) is 1.45. The van der Waals surface area contributed by atoms with E-state index in [2.05, 4.69) is 34.1 Å². The predicted molar refractivity (Wildman–Crippen MR) is 79.2 cm³/mol. The highest BCUT2D eigenvalue weighted by Crippen LogP contribution is 2.28. The van der Waals surface area contributed by atoms with E-state index in [1.54, 1.807) is 12.5 Å². The van der Waals surface area contributed by atoms with E-state index in [9.17, 15) is 4.79 Å². The molecular weight excluding hydrogens is 266 g/mol. The molecule has 1 heterocycles. The van der Waals surface area contributed by atoms with Gasteiger partial charge in [0.2, 0.25) is 0 Å². The van der Waals surface area contributed by atoms with Crippen LogP contribution in [0.4, 0.5) is 0 Å². The first-order chi connectivity index (χ1) is 10.2. The summed E-state index contributed by atoms with van der Waals surface area (Å²) in [5.74, 6) is -0.726. The molecule has 5 heteroatoms. The fourth-order valence-electron chi connectivity index (χ4n) is 2.49. The van der Waals surface area contributed by atoms with E-state index in [-0.39, 0.29) is 6.42 Å². The van der Waals surface area contributed by atoms with Crippen LogP contribution in [0.1, 0.15) is 24.8 Å². The van der Waals surface area contributed by atoms with E-state index in [0.29, 0.717) is 12.6 Å². The molecule has 0 atom stereocenters. The number of aliphatic carboxylic acids is 1. The van der Waals surface area contributed by atoms with Gasteiger partial charge in [-0.15, -0.1) is 0 Å². The van der Waals surface area contributed by atoms with E-state index in [4.69, 9.17) is 5.11 Å². The second kappa shape index (κ2) is 6.10. The lowest BCUT2D eigenvalue weighted by Gasteiger charge is -2.21. The molecule has 0 bridgehead atoms. The standard InChI is InChI=1S/C16H19N3O2/c20-16(21)7-9-18(14-5-6-14)11-13-1-3-15(4-2-13)19-10-8-17-12-19/h1-4,8,10,12,14H,5-7,9,11H2,(H,20,21). The molecule has 0 aliphatic heterocycles. The lowest BCUT2D eigenvalue weighted by atomic mass is 10.2. The van der Waals surface area contributed by atoms with Gasteiger partial charge in [0.1, 0.15) is 0 Å². The summed E-state index contributed by atoms with van der Waals surface area (Å²) in [7, 11) is 0. The first-order valence-corrected chi connectivity index (χ1v) is 7.25. The third-order valence-electron chi connectivity index (χ3n) is 3.80. The number of carbonyl (C=O) groups is 1. The number of carboxylic acids is 1. The van der Waals surface area contributed by atoms with Crippen LogP contribution in [0.2, 0.25) is 0 Å². The summed E-state index contributed by atoms with van der Waals surface area (Å²) in [5.41, 5.74) is 2.30. The summed E-state index contributed by atoms with van der Waals surface area (Å²) >= 11 is 0. The monoisotopic (exact) mass is 285 g/mol. The zero-order valence-electron chi connectivity index (χ0n) is 11.9. The van der Waals surface area contributed by atoms with Crippen LogP contribution in [-0.2, 0) is 11.3 Å². The molecule has 0 unspecified atom stereocenters. The third kappa shape index (κ3) is 3.70. The van der Waals surface area contributed by atoms with Crippen molar-refractivity contribution in [1.82, 2.24) is 14.5 Å². The van der Waals surface area contributed by atoms with Crippen LogP contribution in [-0.4, -0.2) is 38.1 Å². The Bertz CT molecular complexity index is 588. The number of hydrogen-bond donors (Lipinski definition) is 1. The largest absolute Gasteiger partial charge is 0.481 e. The molecule has 21 heavy (non-hydrogen) atoms. The fourth-order valence-corrected chi connectivity index (χ4v) is 2.49. The minimum atomic E-state index is -0.726. The number of imidazole rings is 1. The molecule has 5 nitrogen and oxygen atoms in total. The zero-order valence-corrected chi connectivity index (χ0v) is 11.9. The van der Waals surface area contributed by atoms with Crippen LogP contribution < -0.4 is 0 Å². The van der Waals surface area contributed by atoms with E-state index in [1.165, 1.54) is 18.4 Å². The van der Waals surface area contributed by atoms with Crippen LogP contribution >= 0.6 is 0 Å². The molecule has 110 valence electrons. The summed E-state index contributed by atoms with van der Waals surface area (Å²) in [6.07, 6.45) is 8.04. The van der Waals surface area contributed by atoms with Gasteiger partial charge in [-0.25, -0.2) is 4.98 Å². The van der Waals surface area contributed by atoms with Gasteiger partial charge in [0.15, 0.2) is 0 Å². The van der Waals surface area contributed by atoms with Gasteiger partial charge in [0.25, 0.3) is 0 Å². The number of carboxylic acid groups (broad SMARTS) is 1. The molecule has 0 saturated heterocycles. The number of hydrogen-bond acceptors (Lipinski definition) is 3. The topological polar surface area (TPSA) is 58.4 Å². The van der Waals surface area contributed by atoms with Crippen molar-refractivity contribution in [2.24, 2.45) is 0 Å². The van der Waals surface area contributed by atoms with E-state index < -0.39 is 5.97 Å². The van der Waals surface area contributed by atoms with Gasteiger partial charge in [0.05, 0.1) is 12.7 Å². The smallest absolute Gasteiger partial charge is 0.304 e. The maximum atomic E-state index is 10.7. The molecule has 3 rings (SSSR count).